The first-order valence-electron chi connectivity index (χ1n) is 12.5. The van der Waals surface area contributed by atoms with Gasteiger partial charge < -0.3 is 20.6 Å². The van der Waals surface area contributed by atoms with E-state index in [1.807, 2.05) is 33.8 Å². The van der Waals surface area contributed by atoms with E-state index in [2.05, 4.69) is 15.6 Å². The smallest absolute Gasteiger partial charge is 0.246 e. The van der Waals surface area contributed by atoms with Gasteiger partial charge in [0.2, 0.25) is 18.2 Å². The molecule has 1 aliphatic carbocycles. The molecule has 0 spiro atoms. The third kappa shape index (κ3) is 7.50. The minimum absolute atomic E-state index is 0.0953. The van der Waals surface area contributed by atoms with Crippen molar-refractivity contribution in [3.63, 3.8) is 0 Å². The summed E-state index contributed by atoms with van der Waals surface area (Å²) in [5, 5.41) is 15.9. The van der Waals surface area contributed by atoms with Gasteiger partial charge in [0, 0.05) is 18.7 Å². The van der Waals surface area contributed by atoms with E-state index in [0.717, 1.165) is 35.4 Å². The number of hydrogen-bond donors (Lipinski definition) is 3. The molecule has 0 radical (unpaired) electrons. The zero-order valence-corrected chi connectivity index (χ0v) is 23.0. The summed E-state index contributed by atoms with van der Waals surface area (Å²) >= 11 is 1.51. The zero-order chi connectivity index (χ0) is 27.4. The van der Waals surface area contributed by atoms with Crippen LogP contribution in [0.15, 0.2) is 23.7 Å². The van der Waals surface area contributed by atoms with E-state index in [0.29, 0.717) is 24.9 Å². The van der Waals surface area contributed by atoms with Gasteiger partial charge in [0.1, 0.15) is 23.5 Å². The second kappa shape index (κ2) is 11.6. The van der Waals surface area contributed by atoms with Gasteiger partial charge in [-0.3, -0.25) is 14.4 Å². The Labute approximate surface area is 221 Å². The molecule has 2 atom stereocenters. The van der Waals surface area contributed by atoms with Crippen LogP contribution >= 0.6 is 11.3 Å². The van der Waals surface area contributed by atoms with Crippen molar-refractivity contribution < 1.29 is 23.9 Å². The Kier molecular flexibility index (Phi) is 8.94. The second-order valence-corrected chi connectivity index (χ2v) is 11.9. The predicted octanol–water partition coefficient (Wildman–Crippen LogP) is 4.10. The molecule has 1 aliphatic heterocycles. The number of halogens is 1. The molecule has 2 aromatic rings. The Morgan fingerprint density at radius 3 is 2.54 bits per heavy atom. The van der Waals surface area contributed by atoms with Crippen molar-refractivity contribution >= 4 is 29.6 Å². The number of aromatic nitrogens is 1. The highest BCUT2D eigenvalue weighted by atomic mass is 32.1. The largest absolute Gasteiger partial charge is 0.508 e. The predicted molar refractivity (Wildman–Crippen MR) is 142 cm³/mol. The first kappa shape index (κ1) is 28.6. The van der Waals surface area contributed by atoms with Crippen LogP contribution in [0.5, 0.6) is 5.75 Å². The van der Waals surface area contributed by atoms with E-state index in [9.17, 15) is 23.9 Å². The number of thiazole rings is 1. The minimum Gasteiger partial charge on any atom is -0.508 e. The average molecular weight is 533 g/mol. The van der Waals surface area contributed by atoms with Crippen molar-refractivity contribution in [1.29, 1.82) is 0 Å². The van der Waals surface area contributed by atoms with E-state index in [4.69, 9.17) is 0 Å². The molecule has 2 unspecified atom stereocenters. The van der Waals surface area contributed by atoms with Crippen LogP contribution in [0.25, 0.3) is 10.4 Å². The molecule has 202 valence electrons. The van der Waals surface area contributed by atoms with Gasteiger partial charge >= 0.3 is 0 Å². The van der Waals surface area contributed by atoms with Crippen molar-refractivity contribution in [2.75, 3.05) is 6.54 Å². The third-order valence-electron chi connectivity index (χ3n) is 6.67. The number of carbonyl (C=O) groups is 3. The summed E-state index contributed by atoms with van der Waals surface area (Å²) in [6, 6.07) is 4.05. The summed E-state index contributed by atoms with van der Waals surface area (Å²) in [6.07, 6.45) is 3.38. The SMILES string of the molecule is CC1(F)CC1.Cc1ncsc1-c1ccc(CNC(=O)C2CCCN2C(=O)C(NC=O)C(C)(C)C)c(O)c1. The number of phenols is 1. The Hall–Kier alpha value is -3.01. The van der Waals surface area contributed by atoms with Crippen molar-refractivity contribution in [1.82, 2.24) is 20.5 Å². The minimum atomic E-state index is -0.750. The van der Waals surface area contributed by atoms with E-state index in [1.54, 1.807) is 29.5 Å². The molecule has 2 fully saturated rings. The van der Waals surface area contributed by atoms with E-state index in [1.165, 1.54) is 11.3 Å². The van der Waals surface area contributed by atoms with Crippen LogP contribution in [-0.2, 0) is 20.9 Å². The first-order valence-corrected chi connectivity index (χ1v) is 13.4. The topological polar surface area (TPSA) is 112 Å². The van der Waals surface area contributed by atoms with Gasteiger partial charge in [-0.05, 0) is 56.6 Å². The molecule has 1 saturated carbocycles. The number of phenolic OH excluding ortho intramolecular Hbond substituents is 1. The molecule has 37 heavy (non-hydrogen) atoms. The summed E-state index contributed by atoms with van der Waals surface area (Å²) in [4.78, 5) is 43.8. The number of nitrogens with zero attached hydrogens (tertiary/aromatic N) is 2. The van der Waals surface area contributed by atoms with Gasteiger partial charge in [0.05, 0.1) is 16.1 Å². The van der Waals surface area contributed by atoms with Crippen molar-refractivity contribution in [3.05, 3.63) is 35.0 Å². The summed E-state index contributed by atoms with van der Waals surface area (Å²) in [6.45, 7) is 9.79. The lowest BCUT2D eigenvalue weighted by Gasteiger charge is -2.34. The molecule has 8 nitrogen and oxygen atoms in total. The fourth-order valence-corrected chi connectivity index (χ4v) is 4.94. The Balaban J connectivity index is 0.000000678. The molecular weight excluding hydrogens is 495 g/mol. The van der Waals surface area contributed by atoms with Crippen LogP contribution < -0.4 is 10.6 Å². The van der Waals surface area contributed by atoms with Gasteiger partial charge in [-0.2, -0.15) is 0 Å². The fourth-order valence-electron chi connectivity index (χ4n) is 4.13. The summed E-state index contributed by atoms with van der Waals surface area (Å²) < 4.78 is 11.8. The Morgan fingerprint density at radius 2 is 2.03 bits per heavy atom. The molecule has 10 heteroatoms. The number of hydrogen-bond acceptors (Lipinski definition) is 6. The molecule has 0 bridgehead atoms. The van der Waals surface area contributed by atoms with Crippen LogP contribution in [0.1, 0.15) is 64.6 Å². The van der Waals surface area contributed by atoms with E-state index >= 15 is 0 Å². The maximum absolute atomic E-state index is 13.1. The molecule has 1 aromatic carbocycles. The van der Waals surface area contributed by atoms with Gasteiger partial charge in [-0.15, -0.1) is 11.3 Å². The normalized spacial score (nSPS) is 18.9. The molecule has 1 saturated heterocycles. The standard InChI is InChI=1S/C23H30N4O4S.C4H7F/c1-14-19(32-13-26-14)15-7-8-16(18(29)10-15)11-24-21(30)17-6-5-9-27(17)22(31)20(25-12-28)23(2,3)4;1-4(5)2-3-4/h7-8,10,12-13,17,20,29H,5-6,9,11H2,1-4H3,(H,24,30)(H,25,28);2-3H2,1H3. The zero-order valence-electron chi connectivity index (χ0n) is 22.1. The van der Waals surface area contributed by atoms with Gasteiger partial charge in [-0.25, -0.2) is 9.37 Å². The molecule has 3 N–H and O–H groups in total. The molecule has 2 aliphatic rings. The molecule has 1 aromatic heterocycles. The lowest BCUT2D eigenvalue weighted by atomic mass is 9.85. The summed E-state index contributed by atoms with van der Waals surface area (Å²) in [7, 11) is 0. The van der Waals surface area contributed by atoms with Crippen molar-refractivity contribution in [3.8, 4) is 16.2 Å². The maximum Gasteiger partial charge on any atom is 0.246 e. The molecule has 3 amide bonds. The number of amides is 3. The van der Waals surface area contributed by atoms with Crippen LogP contribution in [0.3, 0.4) is 0 Å². The number of benzene rings is 1. The van der Waals surface area contributed by atoms with Crippen molar-refractivity contribution in [2.24, 2.45) is 5.41 Å². The average Bonchev–Trinajstić information content (AvgIpc) is 3.20. The van der Waals surface area contributed by atoms with Gasteiger partial charge in [0.25, 0.3) is 0 Å². The molecular formula is C27H37FN4O4S. The van der Waals surface area contributed by atoms with Crippen LogP contribution in [-0.4, -0.2) is 57.5 Å². The second-order valence-electron chi connectivity index (χ2n) is 11.0. The third-order valence-corrected chi connectivity index (χ3v) is 7.65. The fraction of sp³-hybridized carbons (Fsp3) is 0.556. The van der Waals surface area contributed by atoms with E-state index < -0.39 is 23.2 Å². The number of alkyl halides is 1. The number of likely N-dealkylation sites (tertiary alicyclic amines) is 1. The number of carbonyl (C=O) groups excluding carboxylic acids is 3. The van der Waals surface area contributed by atoms with Gasteiger partial charge in [-0.1, -0.05) is 32.9 Å². The van der Waals surface area contributed by atoms with Crippen LogP contribution in [0.2, 0.25) is 0 Å². The van der Waals surface area contributed by atoms with Crippen LogP contribution in [0, 0.1) is 12.3 Å². The molecule has 4 rings (SSSR count). The lowest BCUT2D eigenvalue weighted by Crippen LogP contribution is -2.56. The molecule has 2 heterocycles. The lowest BCUT2D eigenvalue weighted by molar-refractivity contribution is -0.142. The van der Waals surface area contributed by atoms with Crippen molar-refractivity contribution in [2.45, 2.75) is 84.6 Å². The number of aryl methyl sites for hydroxylation is 1. The highest BCUT2D eigenvalue weighted by Crippen LogP contribution is 2.38. The quantitative estimate of drug-likeness (QED) is 0.465. The highest BCUT2D eigenvalue weighted by Gasteiger charge is 2.41. The number of rotatable bonds is 7. The maximum atomic E-state index is 13.1. The monoisotopic (exact) mass is 532 g/mol. The number of aromatic hydroxyl groups is 1. The Morgan fingerprint density at radius 1 is 1.35 bits per heavy atom. The van der Waals surface area contributed by atoms with E-state index in [-0.39, 0.29) is 24.1 Å². The summed E-state index contributed by atoms with van der Waals surface area (Å²) in [5.74, 6) is -0.427. The summed E-state index contributed by atoms with van der Waals surface area (Å²) in [5.41, 5.74) is 2.90. The highest BCUT2D eigenvalue weighted by molar-refractivity contribution is 7.13. The van der Waals surface area contributed by atoms with Crippen LogP contribution in [0.4, 0.5) is 4.39 Å². The van der Waals surface area contributed by atoms with Gasteiger partial charge in [0.15, 0.2) is 0 Å². The Bertz CT molecular complexity index is 1120. The number of nitrogens with one attached hydrogen (secondary N) is 2. The first-order chi connectivity index (χ1) is 17.3.